The normalized spacial score (nSPS) is 10.3. The fraction of sp³-hybridized carbons (Fsp3) is 0.133. The van der Waals surface area contributed by atoms with Crippen LogP contribution in [0.15, 0.2) is 48.5 Å². The summed E-state index contributed by atoms with van der Waals surface area (Å²) in [6.07, 6.45) is 0. The van der Waals surface area contributed by atoms with Crippen LogP contribution in [-0.4, -0.2) is 12.5 Å². The molecule has 20 heavy (non-hydrogen) atoms. The van der Waals surface area contributed by atoms with Crippen molar-refractivity contribution in [2.75, 3.05) is 11.9 Å². The lowest BCUT2D eigenvalue weighted by atomic mass is 10.2. The van der Waals surface area contributed by atoms with Crippen LogP contribution in [0.2, 0.25) is 0 Å². The Balaban J connectivity index is 1.81. The van der Waals surface area contributed by atoms with Crippen molar-refractivity contribution in [1.82, 2.24) is 5.32 Å². The monoisotopic (exact) mass is 276 g/mol. The summed E-state index contributed by atoms with van der Waals surface area (Å²) < 4.78 is 26.0. The van der Waals surface area contributed by atoms with Gasteiger partial charge in [0.05, 0.1) is 12.2 Å². The predicted molar refractivity (Wildman–Crippen MR) is 73.1 cm³/mol. The number of halogens is 2. The molecule has 0 aliphatic rings. The summed E-state index contributed by atoms with van der Waals surface area (Å²) in [4.78, 5) is 11.6. The first-order valence-corrected chi connectivity index (χ1v) is 6.15. The molecule has 2 rings (SSSR count). The van der Waals surface area contributed by atoms with Gasteiger partial charge in [0.25, 0.3) is 0 Å². The zero-order valence-electron chi connectivity index (χ0n) is 10.7. The lowest BCUT2D eigenvalue weighted by molar-refractivity contribution is -0.115. The van der Waals surface area contributed by atoms with Crippen molar-refractivity contribution >= 4 is 11.6 Å². The van der Waals surface area contributed by atoms with E-state index < -0.39 is 11.6 Å². The van der Waals surface area contributed by atoms with Gasteiger partial charge >= 0.3 is 0 Å². The van der Waals surface area contributed by atoms with E-state index in [1.54, 1.807) is 0 Å². The molecule has 104 valence electrons. The Bertz CT molecular complexity index is 588. The minimum absolute atomic E-state index is 0.0297. The molecule has 2 N–H and O–H groups in total. The SMILES string of the molecule is O=C(CNCc1ccccc1)Nc1ccc(F)cc1F. The topological polar surface area (TPSA) is 41.1 Å². The Morgan fingerprint density at radius 1 is 1.05 bits per heavy atom. The lowest BCUT2D eigenvalue weighted by Crippen LogP contribution is -2.28. The number of carbonyl (C=O) groups excluding carboxylic acids is 1. The summed E-state index contributed by atoms with van der Waals surface area (Å²) in [6, 6.07) is 12.6. The molecule has 0 atom stereocenters. The molecule has 5 heteroatoms. The van der Waals surface area contributed by atoms with E-state index in [4.69, 9.17) is 0 Å². The highest BCUT2D eigenvalue weighted by Gasteiger charge is 2.07. The maximum Gasteiger partial charge on any atom is 0.238 e. The first-order chi connectivity index (χ1) is 9.65. The van der Waals surface area contributed by atoms with E-state index in [9.17, 15) is 13.6 Å². The molecule has 0 saturated carbocycles. The maximum atomic E-state index is 13.3. The molecular formula is C15H14F2N2O. The minimum atomic E-state index is -0.790. The fourth-order valence-corrected chi connectivity index (χ4v) is 1.70. The molecule has 0 unspecified atom stereocenters. The quantitative estimate of drug-likeness (QED) is 0.881. The van der Waals surface area contributed by atoms with Gasteiger partial charge in [-0.3, -0.25) is 4.79 Å². The van der Waals surface area contributed by atoms with Crippen LogP contribution < -0.4 is 10.6 Å². The molecular weight excluding hydrogens is 262 g/mol. The third-order valence-corrected chi connectivity index (χ3v) is 2.66. The van der Waals surface area contributed by atoms with Crippen LogP contribution in [0.25, 0.3) is 0 Å². The van der Waals surface area contributed by atoms with Gasteiger partial charge in [0.2, 0.25) is 5.91 Å². The van der Waals surface area contributed by atoms with E-state index >= 15 is 0 Å². The number of rotatable bonds is 5. The predicted octanol–water partition coefficient (Wildman–Crippen LogP) is 2.69. The Labute approximate surface area is 115 Å². The lowest BCUT2D eigenvalue weighted by Gasteiger charge is -2.07. The van der Waals surface area contributed by atoms with Crippen LogP contribution >= 0.6 is 0 Å². The molecule has 0 saturated heterocycles. The molecule has 0 aliphatic carbocycles. The number of amides is 1. The van der Waals surface area contributed by atoms with Crippen molar-refractivity contribution in [2.45, 2.75) is 6.54 Å². The summed E-state index contributed by atoms with van der Waals surface area (Å²) in [5, 5.41) is 5.32. The van der Waals surface area contributed by atoms with Crippen LogP contribution in [0.4, 0.5) is 14.5 Å². The van der Waals surface area contributed by atoms with Crippen molar-refractivity contribution in [2.24, 2.45) is 0 Å². The van der Waals surface area contributed by atoms with Gasteiger partial charge in [-0.25, -0.2) is 8.78 Å². The third-order valence-electron chi connectivity index (χ3n) is 2.66. The Kier molecular flexibility index (Phi) is 4.79. The standard InChI is InChI=1S/C15H14F2N2O/c16-12-6-7-14(13(17)8-12)19-15(20)10-18-9-11-4-2-1-3-5-11/h1-8,18H,9-10H2,(H,19,20). The smallest absolute Gasteiger partial charge is 0.238 e. The number of anilines is 1. The molecule has 0 bridgehead atoms. The van der Waals surface area contributed by atoms with E-state index in [1.165, 1.54) is 6.07 Å². The van der Waals surface area contributed by atoms with Gasteiger partial charge in [0, 0.05) is 12.6 Å². The van der Waals surface area contributed by atoms with Gasteiger partial charge in [-0.1, -0.05) is 30.3 Å². The van der Waals surface area contributed by atoms with Crippen molar-refractivity contribution in [3.05, 3.63) is 65.7 Å². The summed E-state index contributed by atoms with van der Waals surface area (Å²) in [5.74, 6) is -1.85. The largest absolute Gasteiger partial charge is 0.322 e. The molecule has 2 aromatic carbocycles. The molecule has 0 radical (unpaired) electrons. The average Bonchev–Trinajstić information content (AvgIpc) is 2.43. The molecule has 0 heterocycles. The van der Waals surface area contributed by atoms with E-state index in [0.717, 1.165) is 17.7 Å². The zero-order chi connectivity index (χ0) is 14.4. The molecule has 1 amide bonds. The molecule has 3 nitrogen and oxygen atoms in total. The van der Waals surface area contributed by atoms with Crippen molar-refractivity contribution < 1.29 is 13.6 Å². The van der Waals surface area contributed by atoms with Gasteiger partial charge in [-0.15, -0.1) is 0 Å². The highest BCUT2D eigenvalue weighted by atomic mass is 19.1. The van der Waals surface area contributed by atoms with Crippen LogP contribution in [0.1, 0.15) is 5.56 Å². The van der Waals surface area contributed by atoms with Gasteiger partial charge in [-0.2, -0.15) is 0 Å². The molecule has 2 aromatic rings. The maximum absolute atomic E-state index is 13.3. The van der Waals surface area contributed by atoms with Crippen LogP contribution in [0, 0.1) is 11.6 Å². The second kappa shape index (κ2) is 6.77. The van der Waals surface area contributed by atoms with Gasteiger partial charge < -0.3 is 10.6 Å². The molecule has 0 aromatic heterocycles. The number of nitrogens with one attached hydrogen (secondary N) is 2. The average molecular weight is 276 g/mol. The van der Waals surface area contributed by atoms with Crippen molar-refractivity contribution in [3.8, 4) is 0 Å². The molecule has 0 spiro atoms. The third kappa shape index (κ3) is 4.13. The second-order valence-corrected chi connectivity index (χ2v) is 4.26. The minimum Gasteiger partial charge on any atom is -0.322 e. The van der Waals surface area contributed by atoms with E-state index in [1.807, 2.05) is 30.3 Å². The number of hydrogen-bond donors (Lipinski definition) is 2. The van der Waals surface area contributed by atoms with Crippen LogP contribution in [0.5, 0.6) is 0 Å². The van der Waals surface area contributed by atoms with Crippen molar-refractivity contribution in [1.29, 1.82) is 0 Å². The Morgan fingerprint density at radius 2 is 1.80 bits per heavy atom. The summed E-state index contributed by atoms with van der Waals surface area (Å²) in [6.45, 7) is 0.589. The second-order valence-electron chi connectivity index (χ2n) is 4.26. The Morgan fingerprint density at radius 3 is 2.50 bits per heavy atom. The number of carbonyl (C=O) groups is 1. The van der Waals surface area contributed by atoms with Crippen LogP contribution in [0.3, 0.4) is 0 Å². The summed E-state index contributed by atoms with van der Waals surface area (Å²) in [5.41, 5.74) is 1.02. The summed E-state index contributed by atoms with van der Waals surface area (Å²) in [7, 11) is 0. The van der Waals surface area contributed by atoms with E-state index in [0.29, 0.717) is 6.54 Å². The van der Waals surface area contributed by atoms with Gasteiger partial charge in [-0.05, 0) is 17.7 Å². The summed E-state index contributed by atoms with van der Waals surface area (Å²) >= 11 is 0. The first-order valence-electron chi connectivity index (χ1n) is 6.15. The molecule has 0 fully saturated rings. The highest BCUT2D eigenvalue weighted by molar-refractivity contribution is 5.92. The van der Waals surface area contributed by atoms with Crippen LogP contribution in [-0.2, 0) is 11.3 Å². The number of benzene rings is 2. The van der Waals surface area contributed by atoms with E-state index in [2.05, 4.69) is 10.6 Å². The van der Waals surface area contributed by atoms with Gasteiger partial charge in [0.15, 0.2) is 0 Å². The highest BCUT2D eigenvalue weighted by Crippen LogP contribution is 2.14. The zero-order valence-corrected chi connectivity index (χ0v) is 10.7. The Hall–Kier alpha value is -2.27. The molecule has 0 aliphatic heterocycles. The van der Waals surface area contributed by atoms with E-state index in [-0.39, 0.29) is 18.1 Å². The van der Waals surface area contributed by atoms with Crippen molar-refractivity contribution in [3.63, 3.8) is 0 Å². The first kappa shape index (κ1) is 14.1. The fourth-order valence-electron chi connectivity index (χ4n) is 1.70. The number of hydrogen-bond acceptors (Lipinski definition) is 2. The van der Waals surface area contributed by atoms with Gasteiger partial charge in [0.1, 0.15) is 11.6 Å².